The molecular weight excluding hydrogens is 362 g/mol. The van der Waals surface area contributed by atoms with Crippen LogP contribution in [0.4, 0.5) is 4.79 Å². The molecule has 0 aliphatic carbocycles. The largest absolute Gasteiger partial charge is 0.332 e. The van der Waals surface area contributed by atoms with Crippen LogP contribution in [0, 0.1) is 0 Å². The average molecular weight is 382 g/mol. The zero-order valence-corrected chi connectivity index (χ0v) is 15.4. The van der Waals surface area contributed by atoms with Crippen LogP contribution in [0.5, 0.6) is 0 Å². The first-order chi connectivity index (χ1) is 11.7. The van der Waals surface area contributed by atoms with Gasteiger partial charge in [-0.15, -0.1) is 0 Å². The number of benzene rings is 2. The topological polar surface area (TPSA) is 101 Å². The maximum Gasteiger partial charge on any atom is 0.315 e. The maximum atomic E-state index is 12.2. The quantitative estimate of drug-likeness (QED) is 0.741. The van der Waals surface area contributed by atoms with E-state index >= 15 is 0 Å². The van der Waals surface area contributed by atoms with Gasteiger partial charge >= 0.3 is 6.03 Å². The van der Waals surface area contributed by atoms with Gasteiger partial charge in [0.05, 0.1) is 17.0 Å². The summed E-state index contributed by atoms with van der Waals surface area (Å²) in [5.41, 5.74) is 1.52. The molecule has 134 valence electrons. The van der Waals surface area contributed by atoms with Gasteiger partial charge in [0.25, 0.3) is 0 Å². The Morgan fingerprint density at radius 3 is 2.04 bits per heavy atom. The Hall–Kier alpha value is -2.09. The number of nitrogens with two attached hydrogens (primary N) is 1. The van der Waals surface area contributed by atoms with Crippen molar-refractivity contribution in [2.75, 3.05) is 0 Å². The highest BCUT2D eigenvalue weighted by molar-refractivity contribution is 7.89. The molecule has 4 N–H and O–H groups in total. The van der Waals surface area contributed by atoms with E-state index in [-0.39, 0.29) is 17.0 Å². The van der Waals surface area contributed by atoms with Crippen LogP contribution in [-0.2, 0) is 10.0 Å². The molecule has 0 radical (unpaired) electrons. The van der Waals surface area contributed by atoms with Crippen LogP contribution in [-0.4, -0.2) is 14.4 Å². The molecule has 2 aromatic carbocycles. The van der Waals surface area contributed by atoms with Gasteiger partial charge < -0.3 is 10.6 Å². The van der Waals surface area contributed by atoms with E-state index in [1.165, 1.54) is 12.1 Å². The van der Waals surface area contributed by atoms with Crippen LogP contribution in [0.25, 0.3) is 0 Å². The Morgan fingerprint density at radius 1 is 1.00 bits per heavy atom. The molecule has 0 aromatic heterocycles. The molecule has 0 saturated carbocycles. The maximum absolute atomic E-state index is 12.2. The summed E-state index contributed by atoms with van der Waals surface area (Å²) < 4.78 is 22.9. The third-order valence-electron chi connectivity index (χ3n) is 3.73. The smallest absolute Gasteiger partial charge is 0.315 e. The molecule has 2 unspecified atom stereocenters. The van der Waals surface area contributed by atoms with Crippen molar-refractivity contribution in [2.24, 2.45) is 5.14 Å². The van der Waals surface area contributed by atoms with E-state index in [9.17, 15) is 13.2 Å². The van der Waals surface area contributed by atoms with Crippen molar-refractivity contribution in [3.05, 3.63) is 64.7 Å². The van der Waals surface area contributed by atoms with Crippen LogP contribution in [0.15, 0.2) is 53.4 Å². The molecule has 0 spiro atoms. The third-order valence-corrected chi connectivity index (χ3v) is 4.88. The molecule has 25 heavy (non-hydrogen) atoms. The van der Waals surface area contributed by atoms with Crippen molar-refractivity contribution >= 4 is 27.7 Å². The summed E-state index contributed by atoms with van der Waals surface area (Å²) in [6, 6.07) is 12.4. The van der Waals surface area contributed by atoms with Crippen molar-refractivity contribution in [3.63, 3.8) is 0 Å². The molecule has 2 atom stereocenters. The summed E-state index contributed by atoms with van der Waals surface area (Å²) in [5, 5.41) is 11.3. The first kappa shape index (κ1) is 19.2. The van der Waals surface area contributed by atoms with Gasteiger partial charge in [-0.05, 0) is 49.2 Å². The predicted octanol–water partition coefficient (Wildman–Crippen LogP) is 3.11. The molecule has 0 aliphatic rings. The molecule has 0 heterocycles. The average Bonchev–Trinajstić information content (AvgIpc) is 2.54. The minimum atomic E-state index is -3.79. The van der Waals surface area contributed by atoms with E-state index in [1.807, 2.05) is 19.1 Å². The number of amides is 2. The number of sulfonamides is 1. The molecule has 2 amide bonds. The van der Waals surface area contributed by atoms with Gasteiger partial charge in [-0.3, -0.25) is 0 Å². The Bertz CT molecular complexity index is 871. The van der Waals surface area contributed by atoms with Crippen molar-refractivity contribution in [1.29, 1.82) is 0 Å². The molecule has 0 fully saturated rings. The van der Waals surface area contributed by atoms with Gasteiger partial charge in [-0.25, -0.2) is 18.4 Å². The van der Waals surface area contributed by atoms with Gasteiger partial charge in [0, 0.05) is 5.02 Å². The fraction of sp³-hybridized carbons (Fsp3) is 0.235. The van der Waals surface area contributed by atoms with E-state index < -0.39 is 16.1 Å². The summed E-state index contributed by atoms with van der Waals surface area (Å²) in [6.07, 6.45) is 0. The SMILES string of the molecule is CC(NC(=O)NC(C)c1cccc(S(N)(=O)=O)c1)c1cccc(Cl)c1. The summed E-state index contributed by atoms with van der Waals surface area (Å²) in [4.78, 5) is 12.2. The van der Waals surface area contributed by atoms with Crippen LogP contribution < -0.4 is 15.8 Å². The van der Waals surface area contributed by atoms with Gasteiger partial charge in [0.2, 0.25) is 10.0 Å². The molecular formula is C17H20ClN3O3S. The Kier molecular flexibility index (Phi) is 6.05. The number of hydrogen-bond acceptors (Lipinski definition) is 3. The molecule has 0 saturated heterocycles. The molecule has 0 bridgehead atoms. The Balaban J connectivity index is 2.03. The van der Waals surface area contributed by atoms with Gasteiger partial charge in [-0.1, -0.05) is 35.9 Å². The lowest BCUT2D eigenvalue weighted by Gasteiger charge is -2.19. The number of carbonyl (C=O) groups excluding carboxylic acids is 1. The second-order valence-electron chi connectivity index (χ2n) is 5.73. The number of halogens is 1. The van der Waals surface area contributed by atoms with Crippen molar-refractivity contribution in [3.8, 4) is 0 Å². The first-order valence-corrected chi connectivity index (χ1v) is 9.54. The van der Waals surface area contributed by atoms with Crippen molar-refractivity contribution in [1.82, 2.24) is 10.6 Å². The Labute approximate surface area is 152 Å². The summed E-state index contributed by atoms with van der Waals surface area (Å²) >= 11 is 5.95. The number of nitrogens with one attached hydrogen (secondary N) is 2. The fourth-order valence-electron chi connectivity index (χ4n) is 2.34. The monoisotopic (exact) mass is 381 g/mol. The first-order valence-electron chi connectivity index (χ1n) is 7.62. The summed E-state index contributed by atoms with van der Waals surface area (Å²) in [6.45, 7) is 3.60. The lowest BCUT2D eigenvalue weighted by molar-refractivity contribution is 0.235. The lowest BCUT2D eigenvalue weighted by atomic mass is 10.1. The number of rotatable bonds is 5. The highest BCUT2D eigenvalue weighted by atomic mass is 35.5. The third kappa shape index (κ3) is 5.45. The highest BCUT2D eigenvalue weighted by Crippen LogP contribution is 2.19. The number of urea groups is 1. The summed E-state index contributed by atoms with van der Waals surface area (Å²) in [5.74, 6) is 0. The normalized spacial score (nSPS) is 13.8. The number of carbonyl (C=O) groups is 1. The van der Waals surface area contributed by atoms with E-state index in [4.69, 9.17) is 16.7 Å². The molecule has 0 aliphatic heterocycles. The Morgan fingerprint density at radius 2 is 1.52 bits per heavy atom. The molecule has 2 rings (SSSR count). The zero-order chi connectivity index (χ0) is 18.6. The fourth-order valence-corrected chi connectivity index (χ4v) is 3.11. The number of primary sulfonamides is 1. The zero-order valence-electron chi connectivity index (χ0n) is 13.9. The minimum absolute atomic E-state index is 0.00588. The molecule has 2 aromatic rings. The van der Waals surface area contributed by atoms with Crippen LogP contribution >= 0.6 is 11.6 Å². The van der Waals surface area contributed by atoms with Gasteiger partial charge in [-0.2, -0.15) is 0 Å². The second-order valence-corrected chi connectivity index (χ2v) is 7.73. The van der Waals surface area contributed by atoms with E-state index in [1.54, 1.807) is 31.2 Å². The van der Waals surface area contributed by atoms with Crippen LogP contribution in [0.2, 0.25) is 5.02 Å². The minimum Gasteiger partial charge on any atom is -0.332 e. The van der Waals surface area contributed by atoms with Gasteiger partial charge in [0.1, 0.15) is 0 Å². The van der Waals surface area contributed by atoms with Crippen molar-refractivity contribution in [2.45, 2.75) is 30.8 Å². The number of hydrogen-bond donors (Lipinski definition) is 3. The molecule has 6 nitrogen and oxygen atoms in total. The van der Waals surface area contributed by atoms with Crippen LogP contribution in [0.1, 0.15) is 37.1 Å². The lowest BCUT2D eigenvalue weighted by Crippen LogP contribution is -2.38. The highest BCUT2D eigenvalue weighted by Gasteiger charge is 2.15. The predicted molar refractivity (Wildman–Crippen MR) is 97.8 cm³/mol. The van der Waals surface area contributed by atoms with Crippen molar-refractivity contribution < 1.29 is 13.2 Å². The van der Waals surface area contributed by atoms with Crippen LogP contribution in [0.3, 0.4) is 0 Å². The molecule has 8 heteroatoms. The van der Waals surface area contributed by atoms with E-state index in [2.05, 4.69) is 10.6 Å². The summed E-state index contributed by atoms with van der Waals surface area (Å²) in [7, 11) is -3.79. The van der Waals surface area contributed by atoms with E-state index in [0.717, 1.165) is 5.56 Å². The second kappa shape index (κ2) is 7.86. The van der Waals surface area contributed by atoms with E-state index in [0.29, 0.717) is 10.6 Å². The van der Waals surface area contributed by atoms with Gasteiger partial charge in [0.15, 0.2) is 0 Å². The standard InChI is InChI=1S/C17H20ClN3O3S/c1-11(13-5-3-7-15(18)9-13)20-17(22)21-12(2)14-6-4-8-16(10-14)25(19,23)24/h3-12H,1-2H3,(H2,19,23,24)(H2,20,21,22).